The van der Waals surface area contributed by atoms with Gasteiger partial charge in [-0.2, -0.15) is 0 Å². The van der Waals surface area contributed by atoms with Crippen LogP contribution in [0.2, 0.25) is 0 Å². The molecule has 32 heavy (non-hydrogen) atoms. The van der Waals surface area contributed by atoms with Gasteiger partial charge in [-0.1, -0.05) is 36.8 Å². The summed E-state index contributed by atoms with van der Waals surface area (Å²) >= 11 is 0. The standard InChI is InChI=1S/C24H37N7.HI/c1-2-25-24(30-18-16-29(17-19-30)20-21-10-5-3-6-11-21)26-14-9-13-23-28-27-22-12-7-4-8-15-31(22)23;/h3,5-6,10-11H,2,4,7-9,12-20H2,1H3,(H,25,26);1H. The Morgan fingerprint density at radius 1 is 1.00 bits per heavy atom. The predicted octanol–water partition coefficient (Wildman–Crippen LogP) is 3.34. The summed E-state index contributed by atoms with van der Waals surface area (Å²) in [5.41, 5.74) is 1.39. The predicted molar refractivity (Wildman–Crippen MR) is 141 cm³/mol. The van der Waals surface area contributed by atoms with Gasteiger partial charge in [0, 0.05) is 65.2 Å². The molecular weight excluding hydrogens is 513 g/mol. The molecule has 8 heteroatoms. The number of piperazine rings is 1. The van der Waals surface area contributed by atoms with Crippen molar-refractivity contribution in [3.8, 4) is 0 Å². The van der Waals surface area contributed by atoms with Gasteiger partial charge in [0.15, 0.2) is 5.96 Å². The Kier molecular flexibility index (Phi) is 10.2. The van der Waals surface area contributed by atoms with E-state index in [1.807, 2.05) is 0 Å². The summed E-state index contributed by atoms with van der Waals surface area (Å²) in [5, 5.41) is 12.4. The summed E-state index contributed by atoms with van der Waals surface area (Å²) in [6, 6.07) is 10.8. The molecule has 2 aliphatic heterocycles. The Hall–Kier alpha value is -1.68. The van der Waals surface area contributed by atoms with Crippen molar-refractivity contribution in [2.45, 2.75) is 58.5 Å². The van der Waals surface area contributed by atoms with Crippen LogP contribution in [0.5, 0.6) is 0 Å². The maximum atomic E-state index is 4.93. The molecule has 1 N–H and O–H groups in total. The number of nitrogens with zero attached hydrogens (tertiary/aromatic N) is 6. The molecule has 0 saturated carbocycles. The van der Waals surface area contributed by atoms with E-state index in [0.717, 1.165) is 83.4 Å². The highest BCUT2D eigenvalue weighted by atomic mass is 127. The first kappa shape index (κ1) is 25.0. The second kappa shape index (κ2) is 13.1. The number of hydrogen-bond donors (Lipinski definition) is 1. The van der Waals surface area contributed by atoms with E-state index in [4.69, 9.17) is 4.99 Å². The van der Waals surface area contributed by atoms with E-state index in [-0.39, 0.29) is 24.0 Å². The van der Waals surface area contributed by atoms with Crippen molar-refractivity contribution in [2.24, 2.45) is 4.99 Å². The third kappa shape index (κ3) is 6.91. The molecule has 0 radical (unpaired) electrons. The van der Waals surface area contributed by atoms with Crippen LogP contribution in [0, 0.1) is 0 Å². The monoisotopic (exact) mass is 551 g/mol. The number of rotatable bonds is 7. The van der Waals surface area contributed by atoms with Gasteiger partial charge in [0.1, 0.15) is 11.6 Å². The molecule has 1 aromatic carbocycles. The number of guanidine groups is 1. The number of aliphatic imine (C=N–C) groups is 1. The minimum absolute atomic E-state index is 0. The summed E-state index contributed by atoms with van der Waals surface area (Å²) < 4.78 is 2.36. The zero-order valence-corrected chi connectivity index (χ0v) is 21.7. The van der Waals surface area contributed by atoms with Crippen LogP contribution in [0.1, 0.15) is 49.8 Å². The van der Waals surface area contributed by atoms with Crippen molar-refractivity contribution in [2.75, 3.05) is 39.3 Å². The zero-order chi connectivity index (χ0) is 21.3. The molecule has 4 rings (SSSR count). The molecule has 1 aromatic heterocycles. The fourth-order valence-corrected chi connectivity index (χ4v) is 4.54. The van der Waals surface area contributed by atoms with Gasteiger partial charge in [0.25, 0.3) is 0 Å². The van der Waals surface area contributed by atoms with Gasteiger partial charge in [-0.25, -0.2) is 0 Å². The Morgan fingerprint density at radius 3 is 2.59 bits per heavy atom. The number of aryl methyl sites for hydroxylation is 2. The molecule has 176 valence electrons. The fourth-order valence-electron chi connectivity index (χ4n) is 4.54. The average Bonchev–Trinajstić information content (AvgIpc) is 3.03. The van der Waals surface area contributed by atoms with Gasteiger partial charge in [0.2, 0.25) is 0 Å². The lowest BCUT2D eigenvalue weighted by Gasteiger charge is -2.36. The van der Waals surface area contributed by atoms with Crippen molar-refractivity contribution in [3.05, 3.63) is 47.5 Å². The Labute approximate surface area is 209 Å². The van der Waals surface area contributed by atoms with Gasteiger partial charge in [-0.3, -0.25) is 9.89 Å². The summed E-state index contributed by atoms with van der Waals surface area (Å²) in [6.07, 6.45) is 6.84. The van der Waals surface area contributed by atoms with Gasteiger partial charge in [0.05, 0.1) is 0 Å². The quantitative estimate of drug-likeness (QED) is 0.248. The van der Waals surface area contributed by atoms with Crippen LogP contribution in [0.25, 0.3) is 0 Å². The SMILES string of the molecule is CCNC(=NCCCc1nnc2n1CCCCC2)N1CCN(Cc2ccccc2)CC1.I. The Balaban J connectivity index is 0.00000289. The highest BCUT2D eigenvalue weighted by Gasteiger charge is 2.19. The summed E-state index contributed by atoms with van der Waals surface area (Å²) in [5.74, 6) is 3.38. The van der Waals surface area contributed by atoms with Crippen LogP contribution in [0.3, 0.4) is 0 Å². The minimum atomic E-state index is 0. The van der Waals surface area contributed by atoms with Gasteiger partial charge >= 0.3 is 0 Å². The third-order valence-electron chi connectivity index (χ3n) is 6.26. The topological polar surface area (TPSA) is 61.6 Å². The number of benzene rings is 1. The zero-order valence-electron chi connectivity index (χ0n) is 19.4. The molecule has 0 unspecified atom stereocenters. The van der Waals surface area contributed by atoms with Crippen LogP contribution >= 0.6 is 24.0 Å². The molecule has 2 aromatic rings. The van der Waals surface area contributed by atoms with E-state index in [1.54, 1.807) is 0 Å². The number of nitrogens with one attached hydrogen (secondary N) is 1. The summed E-state index contributed by atoms with van der Waals surface area (Å²) in [7, 11) is 0. The molecule has 0 bridgehead atoms. The van der Waals surface area contributed by atoms with Gasteiger partial charge in [-0.05, 0) is 31.7 Å². The second-order valence-electron chi connectivity index (χ2n) is 8.58. The van der Waals surface area contributed by atoms with Gasteiger partial charge in [-0.15, -0.1) is 34.2 Å². The van der Waals surface area contributed by atoms with Crippen molar-refractivity contribution in [1.29, 1.82) is 0 Å². The first-order valence-electron chi connectivity index (χ1n) is 12.0. The van der Waals surface area contributed by atoms with Crippen LogP contribution in [-0.2, 0) is 25.9 Å². The lowest BCUT2D eigenvalue weighted by Crippen LogP contribution is -2.52. The number of halogens is 1. The van der Waals surface area contributed by atoms with E-state index in [9.17, 15) is 0 Å². The molecule has 0 amide bonds. The number of aromatic nitrogens is 3. The maximum Gasteiger partial charge on any atom is 0.194 e. The van der Waals surface area contributed by atoms with E-state index in [1.165, 1.54) is 30.7 Å². The molecular formula is C24H38IN7. The molecule has 1 fully saturated rings. The first-order valence-corrected chi connectivity index (χ1v) is 12.0. The van der Waals surface area contributed by atoms with Crippen molar-refractivity contribution in [3.63, 3.8) is 0 Å². The Bertz CT molecular complexity index is 828. The lowest BCUT2D eigenvalue weighted by molar-refractivity contribution is 0.172. The van der Waals surface area contributed by atoms with E-state index >= 15 is 0 Å². The van der Waals surface area contributed by atoms with Crippen molar-refractivity contribution >= 4 is 29.9 Å². The Morgan fingerprint density at radius 2 is 1.81 bits per heavy atom. The van der Waals surface area contributed by atoms with Gasteiger partial charge < -0.3 is 14.8 Å². The molecule has 0 spiro atoms. The summed E-state index contributed by atoms with van der Waals surface area (Å²) in [4.78, 5) is 9.88. The molecule has 0 atom stereocenters. The van der Waals surface area contributed by atoms with Crippen LogP contribution < -0.4 is 5.32 Å². The van der Waals surface area contributed by atoms with Crippen LogP contribution in [0.15, 0.2) is 35.3 Å². The lowest BCUT2D eigenvalue weighted by atomic mass is 10.2. The highest BCUT2D eigenvalue weighted by Crippen LogP contribution is 2.15. The molecule has 3 heterocycles. The first-order chi connectivity index (χ1) is 15.3. The van der Waals surface area contributed by atoms with E-state index in [2.05, 4.69) is 67.1 Å². The van der Waals surface area contributed by atoms with Crippen LogP contribution in [0.4, 0.5) is 0 Å². The average molecular weight is 552 g/mol. The number of fused-ring (bicyclic) bond motifs is 1. The molecule has 0 aliphatic carbocycles. The van der Waals surface area contributed by atoms with Crippen molar-refractivity contribution < 1.29 is 0 Å². The summed E-state index contributed by atoms with van der Waals surface area (Å²) in [6.45, 7) is 10.2. The third-order valence-corrected chi connectivity index (χ3v) is 6.26. The minimum Gasteiger partial charge on any atom is -0.357 e. The van der Waals surface area contributed by atoms with E-state index in [0.29, 0.717) is 0 Å². The highest BCUT2D eigenvalue weighted by molar-refractivity contribution is 14.0. The molecule has 7 nitrogen and oxygen atoms in total. The normalized spacial score (nSPS) is 17.4. The maximum absolute atomic E-state index is 4.93. The molecule has 2 aliphatic rings. The largest absolute Gasteiger partial charge is 0.357 e. The second-order valence-corrected chi connectivity index (χ2v) is 8.58. The van der Waals surface area contributed by atoms with Crippen LogP contribution in [-0.4, -0.2) is 69.8 Å². The molecule has 1 saturated heterocycles. The smallest absolute Gasteiger partial charge is 0.194 e. The van der Waals surface area contributed by atoms with E-state index < -0.39 is 0 Å². The fraction of sp³-hybridized carbons (Fsp3) is 0.625. The number of hydrogen-bond acceptors (Lipinski definition) is 4. The van der Waals surface area contributed by atoms with Crippen molar-refractivity contribution in [1.82, 2.24) is 29.9 Å².